The van der Waals surface area contributed by atoms with Crippen molar-refractivity contribution in [3.8, 4) is 0 Å². The van der Waals surface area contributed by atoms with Gasteiger partial charge in [-0.05, 0) is 25.7 Å². The SMILES string of the molecule is CC(=O)N(C(C)=O)C1=C2CCCC[C@@H]2OC1=O. The van der Waals surface area contributed by atoms with Gasteiger partial charge in [0.2, 0.25) is 11.8 Å². The minimum absolute atomic E-state index is 0.162. The maximum absolute atomic E-state index is 11.8. The lowest BCUT2D eigenvalue weighted by Gasteiger charge is -2.21. The Morgan fingerprint density at radius 3 is 2.47 bits per heavy atom. The fourth-order valence-corrected chi connectivity index (χ4v) is 2.47. The number of nitrogens with zero attached hydrogens (tertiary/aromatic N) is 1. The van der Waals surface area contributed by atoms with Crippen LogP contribution in [-0.2, 0) is 19.1 Å². The van der Waals surface area contributed by atoms with Crippen LogP contribution in [0.25, 0.3) is 0 Å². The number of hydrogen-bond acceptors (Lipinski definition) is 4. The van der Waals surface area contributed by atoms with Crippen LogP contribution in [0.2, 0.25) is 0 Å². The van der Waals surface area contributed by atoms with Gasteiger partial charge in [0.1, 0.15) is 11.8 Å². The lowest BCUT2D eigenvalue weighted by molar-refractivity contribution is -0.148. The highest BCUT2D eigenvalue weighted by atomic mass is 16.5. The molecule has 5 heteroatoms. The van der Waals surface area contributed by atoms with Crippen LogP contribution in [0.1, 0.15) is 39.5 Å². The average Bonchev–Trinajstić information content (AvgIpc) is 2.55. The molecule has 0 unspecified atom stereocenters. The first-order chi connectivity index (χ1) is 8.02. The zero-order chi connectivity index (χ0) is 12.6. The maximum atomic E-state index is 11.8. The van der Waals surface area contributed by atoms with Crippen LogP contribution in [0.15, 0.2) is 11.3 Å². The molecule has 1 heterocycles. The van der Waals surface area contributed by atoms with E-state index in [1.165, 1.54) is 13.8 Å². The topological polar surface area (TPSA) is 63.7 Å². The van der Waals surface area contributed by atoms with Gasteiger partial charge in [-0.3, -0.25) is 9.59 Å². The number of imide groups is 1. The molecule has 2 amide bonds. The zero-order valence-corrected chi connectivity index (χ0v) is 9.99. The molecule has 1 saturated carbocycles. The van der Waals surface area contributed by atoms with Crippen molar-refractivity contribution in [3.63, 3.8) is 0 Å². The van der Waals surface area contributed by atoms with Crippen LogP contribution in [0.5, 0.6) is 0 Å². The number of rotatable bonds is 1. The Morgan fingerprint density at radius 2 is 1.88 bits per heavy atom. The summed E-state index contributed by atoms with van der Waals surface area (Å²) in [6.07, 6.45) is 3.26. The van der Waals surface area contributed by atoms with Crippen LogP contribution < -0.4 is 0 Å². The standard InChI is InChI=1S/C12H15NO4/c1-7(14)13(8(2)15)11-9-5-3-4-6-10(9)17-12(11)16/h10H,3-6H2,1-2H3/t10-/m0/s1. The normalized spacial score (nSPS) is 23.2. The van der Waals surface area contributed by atoms with Crippen LogP contribution in [-0.4, -0.2) is 28.8 Å². The van der Waals surface area contributed by atoms with Crippen molar-refractivity contribution >= 4 is 17.8 Å². The Morgan fingerprint density at radius 1 is 1.24 bits per heavy atom. The second-order valence-corrected chi connectivity index (χ2v) is 4.39. The van der Waals surface area contributed by atoms with Crippen molar-refractivity contribution in [1.82, 2.24) is 4.90 Å². The van der Waals surface area contributed by atoms with E-state index in [9.17, 15) is 14.4 Å². The van der Waals surface area contributed by atoms with Crippen LogP contribution in [0.4, 0.5) is 0 Å². The van der Waals surface area contributed by atoms with Crippen molar-refractivity contribution in [2.24, 2.45) is 0 Å². The van der Waals surface area contributed by atoms with Gasteiger partial charge in [-0.25, -0.2) is 9.69 Å². The first-order valence-electron chi connectivity index (χ1n) is 5.77. The molecule has 0 radical (unpaired) electrons. The molecule has 0 aromatic carbocycles. The number of carbonyl (C=O) groups is 3. The van der Waals surface area contributed by atoms with Crippen LogP contribution >= 0.6 is 0 Å². The molecule has 1 aliphatic heterocycles. The van der Waals surface area contributed by atoms with Gasteiger partial charge in [-0.2, -0.15) is 0 Å². The number of amides is 2. The zero-order valence-electron chi connectivity index (χ0n) is 9.99. The average molecular weight is 237 g/mol. The molecule has 2 aliphatic rings. The Kier molecular flexibility index (Phi) is 3.00. The molecule has 0 spiro atoms. The Labute approximate surface area is 99.4 Å². The summed E-state index contributed by atoms with van der Waals surface area (Å²) in [6.45, 7) is 2.55. The van der Waals surface area contributed by atoms with E-state index in [4.69, 9.17) is 4.74 Å². The molecule has 92 valence electrons. The summed E-state index contributed by atoms with van der Waals surface area (Å²) in [6, 6.07) is 0. The summed E-state index contributed by atoms with van der Waals surface area (Å²) < 4.78 is 5.20. The predicted octanol–water partition coefficient (Wildman–Crippen LogP) is 1.13. The van der Waals surface area contributed by atoms with Crippen LogP contribution in [0.3, 0.4) is 0 Å². The third-order valence-electron chi connectivity index (χ3n) is 3.15. The molecule has 0 aromatic rings. The summed E-state index contributed by atoms with van der Waals surface area (Å²) in [7, 11) is 0. The highest BCUT2D eigenvalue weighted by molar-refractivity contribution is 6.05. The van der Waals surface area contributed by atoms with Gasteiger partial charge in [-0.15, -0.1) is 0 Å². The minimum Gasteiger partial charge on any atom is -0.453 e. The molecule has 0 aromatic heterocycles. The van der Waals surface area contributed by atoms with Crippen LogP contribution in [0, 0.1) is 0 Å². The van der Waals surface area contributed by atoms with Gasteiger partial charge < -0.3 is 4.74 Å². The molecule has 0 saturated heterocycles. The molecule has 2 rings (SSSR count). The van der Waals surface area contributed by atoms with Crippen molar-refractivity contribution in [3.05, 3.63) is 11.3 Å². The van der Waals surface area contributed by atoms with E-state index in [0.717, 1.165) is 36.2 Å². The minimum atomic E-state index is -0.544. The van der Waals surface area contributed by atoms with Gasteiger partial charge in [0.25, 0.3) is 0 Å². The highest BCUT2D eigenvalue weighted by Crippen LogP contribution is 2.35. The lowest BCUT2D eigenvalue weighted by atomic mass is 9.91. The summed E-state index contributed by atoms with van der Waals surface area (Å²) in [5, 5.41) is 0. The fourth-order valence-electron chi connectivity index (χ4n) is 2.47. The number of carbonyl (C=O) groups excluding carboxylic acids is 3. The molecule has 0 bridgehead atoms. The van der Waals surface area contributed by atoms with Gasteiger partial charge in [0.05, 0.1) is 0 Å². The van der Waals surface area contributed by atoms with Gasteiger partial charge >= 0.3 is 5.97 Å². The maximum Gasteiger partial charge on any atom is 0.356 e. The number of esters is 1. The molecule has 5 nitrogen and oxygen atoms in total. The molecule has 1 fully saturated rings. The van der Waals surface area contributed by atoms with Crippen molar-refractivity contribution < 1.29 is 19.1 Å². The molecule has 0 N–H and O–H groups in total. The van der Waals surface area contributed by atoms with Gasteiger partial charge in [-0.1, -0.05) is 0 Å². The predicted molar refractivity (Wildman–Crippen MR) is 58.6 cm³/mol. The number of ether oxygens (including phenoxy) is 1. The van der Waals surface area contributed by atoms with E-state index in [-0.39, 0.29) is 11.8 Å². The number of hydrogen-bond donors (Lipinski definition) is 0. The second kappa shape index (κ2) is 4.31. The van der Waals surface area contributed by atoms with Crippen molar-refractivity contribution in [2.75, 3.05) is 0 Å². The first kappa shape index (κ1) is 11.8. The van der Waals surface area contributed by atoms with E-state index in [1.807, 2.05) is 0 Å². The molecular formula is C12H15NO4. The second-order valence-electron chi connectivity index (χ2n) is 4.39. The Hall–Kier alpha value is -1.65. The summed E-state index contributed by atoms with van der Waals surface area (Å²) in [4.78, 5) is 35.6. The Bertz CT molecular complexity index is 410. The van der Waals surface area contributed by atoms with Gasteiger partial charge in [0, 0.05) is 19.4 Å². The number of fused-ring (bicyclic) bond motifs is 1. The van der Waals surface area contributed by atoms with Gasteiger partial charge in [0.15, 0.2) is 0 Å². The Balaban J connectivity index is 2.43. The largest absolute Gasteiger partial charge is 0.453 e. The van der Waals surface area contributed by atoms with E-state index in [1.54, 1.807) is 0 Å². The molecule has 17 heavy (non-hydrogen) atoms. The van der Waals surface area contributed by atoms with E-state index in [2.05, 4.69) is 0 Å². The molecular weight excluding hydrogens is 222 g/mol. The third kappa shape index (κ3) is 1.97. The smallest absolute Gasteiger partial charge is 0.356 e. The highest BCUT2D eigenvalue weighted by Gasteiger charge is 2.40. The van der Waals surface area contributed by atoms with E-state index in [0.29, 0.717) is 0 Å². The molecule has 1 atom stereocenters. The lowest BCUT2D eigenvalue weighted by Crippen LogP contribution is -2.35. The van der Waals surface area contributed by atoms with E-state index < -0.39 is 17.8 Å². The summed E-state index contributed by atoms with van der Waals surface area (Å²) in [5.74, 6) is -1.43. The van der Waals surface area contributed by atoms with Crippen molar-refractivity contribution in [2.45, 2.75) is 45.6 Å². The monoisotopic (exact) mass is 237 g/mol. The van der Waals surface area contributed by atoms with E-state index >= 15 is 0 Å². The first-order valence-corrected chi connectivity index (χ1v) is 5.77. The van der Waals surface area contributed by atoms with Crippen molar-refractivity contribution in [1.29, 1.82) is 0 Å². The fraction of sp³-hybridized carbons (Fsp3) is 0.583. The quantitative estimate of drug-likeness (QED) is 0.641. The summed E-state index contributed by atoms with van der Waals surface area (Å²) in [5.41, 5.74) is 0.973. The molecule has 1 aliphatic carbocycles. The summed E-state index contributed by atoms with van der Waals surface area (Å²) >= 11 is 0. The third-order valence-corrected chi connectivity index (χ3v) is 3.15.